The topological polar surface area (TPSA) is 55.1 Å². The Morgan fingerprint density at radius 1 is 1.12 bits per heavy atom. The van der Waals surface area contributed by atoms with Gasteiger partial charge in [-0.1, -0.05) is 36.4 Å². The first-order valence-corrected chi connectivity index (χ1v) is 9.82. The van der Waals surface area contributed by atoms with Gasteiger partial charge in [0.2, 0.25) is 0 Å². The lowest BCUT2D eigenvalue weighted by Gasteiger charge is -2.17. The quantitative estimate of drug-likeness (QED) is 0.512. The molecule has 4 nitrogen and oxygen atoms in total. The number of amides is 1. The number of thiophene rings is 1. The fourth-order valence-electron chi connectivity index (χ4n) is 2.73. The minimum absolute atomic E-state index is 0.182. The van der Waals surface area contributed by atoms with Crippen LogP contribution in [0.15, 0.2) is 70.7 Å². The van der Waals surface area contributed by atoms with Crippen LogP contribution in [-0.2, 0) is 0 Å². The van der Waals surface area contributed by atoms with E-state index in [1.807, 2.05) is 66.9 Å². The Morgan fingerprint density at radius 2 is 1.96 bits per heavy atom. The van der Waals surface area contributed by atoms with Crippen molar-refractivity contribution in [1.29, 1.82) is 0 Å². The molecule has 6 heteroatoms. The lowest BCUT2D eigenvalue weighted by atomic mass is 10.1. The van der Waals surface area contributed by atoms with Gasteiger partial charge in [0.1, 0.15) is 5.69 Å². The Balaban J connectivity index is 1.63. The molecule has 3 heterocycles. The zero-order valence-corrected chi connectivity index (χ0v) is 15.6. The van der Waals surface area contributed by atoms with Crippen LogP contribution in [0.3, 0.4) is 0 Å². The monoisotopic (exact) mass is 380 g/mol. The molecule has 0 aliphatic heterocycles. The number of carbonyl (C=O) groups excluding carboxylic acids is 1. The Labute approximate surface area is 159 Å². The van der Waals surface area contributed by atoms with E-state index >= 15 is 0 Å². The van der Waals surface area contributed by atoms with Crippen molar-refractivity contribution in [3.8, 4) is 10.8 Å². The van der Waals surface area contributed by atoms with Gasteiger partial charge in [-0.15, -0.1) is 22.7 Å². The number of thiazole rings is 1. The second-order valence-electron chi connectivity index (χ2n) is 5.73. The van der Waals surface area contributed by atoms with Crippen molar-refractivity contribution in [2.45, 2.75) is 13.0 Å². The summed E-state index contributed by atoms with van der Waals surface area (Å²) >= 11 is 3.08. The summed E-state index contributed by atoms with van der Waals surface area (Å²) in [6.07, 6.45) is 1.61. The molecule has 1 N–H and O–H groups in total. The number of hydrogen-bond donors (Lipinski definition) is 1. The standard InChI is InChI=1S/C20H16N2O2S2/c1-13-17(22-20(26-13)15-9-5-11-24-15)19(23)21-18(16-10-6-12-25-16)14-7-3-2-4-8-14/h2-12,18H,1H3,(H,21,23). The first kappa shape index (κ1) is 16.8. The molecule has 0 aliphatic rings. The molecule has 4 rings (SSSR count). The molecule has 130 valence electrons. The number of nitrogens with one attached hydrogen (secondary N) is 1. The van der Waals surface area contributed by atoms with E-state index in [-0.39, 0.29) is 11.9 Å². The number of benzene rings is 1. The van der Waals surface area contributed by atoms with Crippen LogP contribution in [0.1, 0.15) is 31.8 Å². The SMILES string of the molecule is Cc1sc(-c2ccco2)nc1C(=O)NC(c1ccccc1)c1cccs1. The summed E-state index contributed by atoms with van der Waals surface area (Å²) in [7, 11) is 0. The molecule has 0 saturated heterocycles. The molecule has 0 spiro atoms. The molecule has 1 amide bonds. The summed E-state index contributed by atoms with van der Waals surface area (Å²) in [6, 6.07) is 17.5. The van der Waals surface area contributed by atoms with Gasteiger partial charge in [-0.3, -0.25) is 4.79 Å². The van der Waals surface area contributed by atoms with Gasteiger partial charge in [0.15, 0.2) is 10.8 Å². The fourth-order valence-corrected chi connectivity index (χ4v) is 4.41. The molecular formula is C20H16N2O2S2. The first-order valence-electron chi connectivity index (χ1n) is 8.13. The molecule has 4 aromatic rings. The molecule has 3 aromatic heterocycles. The van der Waals surface area contributed by atoms with Gasteiger partial charge in [0.05, 0.1) is 12.3 Å². The maximum Gasteiger partial charge on any atom is 0.271 e. The number of rotatable bonds is 5. The molecule has 0 fully saturated rings. The first-order chi connectivity index (χ1) is 12.7. The van der Waals surface area contributed by atoms with Crippen LogP contribution in [-0.4, -0.2) is 10.9 Å². The van der Waals surface area contributed by atoms with Gasteiger partial charge < -0.3 is 9.73 Å². The molecule has 0 aliphatic carbocycles. The van der Waals surface area contributed by atoms with Gasteiger partial charge in [-0.05, 0) is 36.1 Å². The molecule has 0 saturated carbocycles. The van der Waals surface area contributed by atoms with Crippen molar-refractivity contribution >= 4 is 28.6 Å². The predicted molar refractivity (Wildman–Crippen MR) is 105 cm³/mol. The highest BCUT2D eigenvalue weighted by Crippen LogP contribution is 2.30. The summed E-state index contributed by atoms with van der Waals surface area (Å²) < 4.78 is 5.39. The summed E-state index contributed by atoms with van der Waals surface area (Å²) in [5.74, 6) is 0.494. The van der Waals surface area contributed by atoms with Gasteiger partial charge in [-0.2, -0.15) is 0 Å². The molecule has 26 heavy (non-hydrogen) atoms. The van der Waals surface area contributed by atoms with Gasteiger partial charge >= 0.3 is 0 Å². The molecule has 0 bridgehead atoms. The fraction of sp³-hybridized carbons (Fsp3) is 0.100. The Kier molecular flexibility index (Phi) is 4.69. The Bertz CT molecular complexity index is 990. The second-order valence-corrected chi connectivity index (χ2v) is 7.92. The van der Waals surface area contributed by atoms with Crippen LogP contribution in [0.2, 0.25) is 0 Å². The van der Waals surface area contributed by atoms with Crippen molar-refractivity contribution in [2.75, 3.05) is 0 Å². The van der Waals surface area contributed by atoms with Crippen molar-refractivity contribution in [1.82, 2.24) is 10.3 Å². The number of aromatic nitrogens is 1. The maximum absolute atomic E-state index is 12.9. The van der Waals surface area contributed by atoms with Crippen LogP contribution < -0.4 is 5.32 Å². The third-order valence-electron chi connectivity index (χ3n) is 3.98. The molecule has 1 unspecified atom stereocenters. The second kappa shape index (κ2) is 7.27. The number of hydrogen-bond acceptors (Lipinski definition) is 5. The van der Waals surface area contributed by atoms with Crippen molar-refractivity contribution in [3.63, 3.8) is 0 Å². The summed E-state index contributed by atoms with van der Waals surface area (Å²) in [5, 5.41) is 5.86. The number of nitrogens with zero attached hydrogens (tertiary/aromatic N) is 1. The minimum Gasteiger partial charge on any atom is -0.462 e. The lowest BCUT2D eigenvalue weighted by molar-refractivity contribution is 0.0938. The molecule has 1 atom stereocenters. The van der Waals surface area contributed by atoms with Crippen molar-refractivity contribution in [3.05, 3.63) is 87.3 Å². The highest BCUT2D eigenvalue weighted by atomic mass is 32.1. The zero-order valence-electron chi connectivity index (χ0n) is 14.0. The molecule has 1 aromatic carbocycles. The van der Waals surface area contributed by atoms with E-state index in [2.05, 4.69) is 10.3 Å². The van der Waals surface area contributed by atoms with Crippen LogP contribution in [0, 0.1) is 6.92 Å². The lowest BCUT2D eigenvalue weighted by Crippen LogP contribution is -2.29. The normalized spacial score (nSPS) is 12.0. The van der Waals surface area contributed by atoms with Gasteiger partial charge in [0.25, 0.3) is 5.91 Å². The summed E-state index contributed by atoms with van der Waals surface area (Å²) in [5.41, 5.74) is 1.49. The summed E-state index contributed by atoms with van der Waals surface area (Å²) in [4.78, 5) is 19.4. The average molecular weight is 380 g/mol. The van der Waals surface area contributed by atoms with Gasteiger partial charge in [-0.25, -0.2) is 4.98 Å². The largest absolute Gasteiger partial charge is 0.462 e. The highest BCUT2D eigenvalue weighted by molar-refractivity contribution is 7.15. The van der Waals surface area contributed by atoms with Crippen LogP contribution in [0.5, 0.6) is 0 Å². The number of furan rings is 1. The van der Waals surface area contributed by atoms with E-state index in [0.717, 1.165) is 15.3 Å². The molecule has 0 radical (unpaired) electrons. The van der Waals surface area contributed by atoms with E-state index in [1.165, 1.54) is 11.3 Å². The maximum atomic E-state index is 12.9. The summed E-state index contributed by atoms with van der Waals surface area (Å²) in [6.45, 7) is 1.90. The van der Waals surface area contributed by atoms with E-state index < -0.39 is 0 Å². The minimum atomic E-state index is -0.197. The number of carbonyl (C=O) groups is 1. The van der Waals surface area contributed by atoms with E-state index in [9.17, 15) is 4.79 Å². The van der Waals surface area contributed by atoms with E-state index in [1.54, 1.807) is 17.6 Å². The third kappa shape index (κ3) is 3.34. The van der Waals surface area contributed by atoms with Crippen LogP contribution >= 0.6 is 22.7 Å². The van der Waals surface area contributed by atoms with Crippen LogP contribution in [0.25, 0.3) is 10.8 Å². The zero-order chi connectivity index (χ0) is 17.9. The Hall–Kier alpha value is -2.70. The van der Waals surface area contributed by atoms with Crippen LogP contribution in [0.4, 0.5) is 0 Å². The predicted octanol–water partition coefficient (Wildman–Crippen LogP) is 5.29. The smallest absolute Gasteiger partial charge is 0.271 e. The highest BCUT2D eigenvalue weighted by Gasteiger charge is 2.23. The Morgan fingerprint density at radius 3 is 2.65 bits per heavy atom. The van der Waals surface area contributed by atoms with Crippen molar-refractivity contribution < 1.29 is 9.21 Å². The van der Waals surface area contributed by atoms with E-state index in [0.29, 0.717) is 16.5 Å². The van der Waals surface area contributed by atoms with Crippen molar-refractivity contribution in [2.24, 2.45) is 0 Å². The van der Waals surface area contributed by atoms with E-state index in [4.69, 9.17) is 4.42 Å². The number of aryl methyl sites for hydroxylation is 1. The molecular weight excluding hydrogens is 364 g/mol. The van der Waals surface area contributed by atoms with Gasteiger partial charge in [0, 0.05) is 9.75 Å². The third-order valence-corrected chi connectivity index (χ3v) is 5.90. The average Bonchev–Trinajstić information content (AvgIpc) is 3.41.